The highest BCUT2D eigenvalue weighted by atomic mass is 16.5. The fraction of sp³-hybridized carbons (Fsp3) is 0.625. The summed E-state index contributed by atoms with van der Waals surface area (Å²) in [5.74, 6) is 0.763. The largest absolute Gasteiger partial charge is 0.447 e. The van der Waals surface area contributed by atoms with Gasteiger partial charge in [0, 0.05) is 0 Å². The van der Waals surface area contributed by atoms with Crippen LogP contribution in [0, 0.1) is 0 Å². The van der Waals surface area contributed by atoms with E-state index < -0.39 is 6.10 Å². The van der Waals surface area contributed by atoms with E-state index in [1.54, 1.807) is 6.20 Å². The molecule has 0 radical (unpaired) electrons. The van der Waals surface area contributed by atoms with Gasteiger partial charge in [-0.15, -0.1) is 0 Å². The number of nitrogens with zero attached hydrogens (tertiary/aromatic N) is 1. The number of rotatable bonds is 3. The molecule has 2 heterocycles. The molecule has 0 amide bonds. The minimum absolute atomic E-state index is 0.00472. The molecule has 0 saturated carbocycles. The number of hydrogen-bond acceptors (Lipinski definition) is 5. The summed E-state index contributed by atoms with van der Waals surface area (Å²) in [5.41, 5.74) is 0. The number of hydrogen-bond donors (Lipinski definition) is 2. The first kappa shape index (κ1) is 8.68. The highest BCUT2D eigenvalue weighted by Crippen LogP contribution is 2.06. The molecule has 0 spiro atoms. The number of ether oxygens (including phenoxy) is 1. The summed E-state index contributed by atoms with van der Waals surface area (Å²) >= 11 is 0. The average Bonchev–Trinajstić information content (AvgIpc) is 2.72. The lowest BCUT2D eigenvalue weighted by Gasteiger charge is -2.12. The van der Waals surface area contributed by atoms with Crippen LogP contribution in [-0.2, 0) is 11.3 Å². The van der Waals surface area contributed by atoms with Gasteiger partial charge < -0.3 is 19.6 Å². The molecule has 72 valence electrons. The van der Waals surface area contributed by atoms with Crippen molar-refractivity contribution in [3.63, 3.8) is 0 Å². The van der Waals surface area contributed by atoms with Crippen molar-refractivity contribution in [1.82, 2.24) is 10.3 Å². The maximum Gasteiger partial charge on any atom is 0.180 e. The van der Waals surface area contributed by atoms with Crippen LogP contribution in [0.5, 0.6) is 0 Å². The molecule has 2 N–H and O–H groups in total. The van der Waals surface area contributed by atoms with Crippen LogP contribution in [0.3, 0.4) is 0 Å². The molecular formula is C8H12N2O3. The van der Waals surface area contributed by atoms with Crippen molar-refractivity contribution in [2.45, 2.75) is 18.7 Å². The van der Waals surface area contributed by atoms with Gasteiger partial charge in [-0.2, -0.15) is 0 Å². The Hall–Kier alpha value is -0.910. The van der Waals surface area contributed by atoms with Crippen molar-refractivity contribution in [2.24, 2.45) is 0 Å². The average molecular weight is 184 g/mol. The fourth-order valence-electron chi connectivity index (χ4n) is 1.30. The van der Waals surface area contributed by atoms with E-state index in [2.05, 4.69) is 10.3 Å². The highest BCUT2D eigenvalue weighted by Gasteiger charge is 2.25. The predicted molar refractivity (Wildman–Crippen MR) is 44.0 cm³/mol. The van der Waals surface area contributed by atoms with E-state index in [1.807, 2.05) is 0 Å². The number of aliphatic hydroxyl groups is 1. The van der Waals surface area contributed by atoms with Crippen molar-refractivity contribution in [2.75, 3.05) is 13.2 Å². The van der Waals surface area contributed by atoms with E-state index in [0.717, 1.165) is 5.76 Å². The van der Waals surface area contributed by atoms with Crippen LogP contribution in [0.4, 0.5) is 0 Å². The maximum atomic E-state index is 9.38. The maximum absolute atomic E-state index is 9.38. The quantitative estimate of drug-likeness (QED) is 0.664. The Morgan fingerprint density at radius 1 is 1.62 bits per heavy atom. The van der Waals surface area contributed by atoms with E-state index in [-0.39, 0.29) is 6.04 Å². The summed E-state index contributed by atoms with van der Waals surface area (Å²) in [6.07, 6.45) is 2.62. The molecule has 0 bridgehead atoms. The number of aliphatic hydroxyl groups excluding tert-OH is 1. The molecule has 0 aliphatic carbocycles. The minimum atomic E-state index is -0.414. The van der Waals surface area contributed by atoms with E-state index in [9.17, 15) is 5.11 Å². The number of aromatic nitrogens is 1. The third kappa shape index (κ3) is 2.06. The molecule has 1 saturated heterocycles. The summed E-state index contributed by atoms with van der Waals surface area (Å²) in [6, 6.07) is 0.00472. The third-order valence-electron chi connectivity index (χ3n) is 2.07. The lowest BCUT2D eigenvalue weighted by molar-refractivity contribution is 0.122. The van der Waals surface area contributed by atoms with Gasteiger partial charge in [0.15, 0.2) is 6.39 Å². The summed E-state index contributed by atoms with van der Waals surface area (Å²) < 4.78 is 10.1. The minimum Gasteiger partial charge on any atom is -0.447 e. The molecule has 1 fully saturated rings. The number of nitrogens with one attached hydrogen (secondary N) is 1. The monoisotopic (exact) mass is 184 g/mol. The Kier molecular flexibility index (Phi) is 2.58. The summed E-state index contributed by atoms with van der Waals surface area (Å²) in [6.45, 7) is 1.54. The molecule has 5 heteroatoms. The lowest BCUT2D eigenvalue weighted by Crippen LogP contribution is -2.38. The van der Waals surface area contributed by atoms with E-state index in [4.69, 9.17) is 9.15 Å². The Labute approximate surface area is 75.7 Å². The van der Waals surface area contributed by atoms with E-state index >= 15 is 0 Å². The molecule has 2 atom stereocenters. The second-order valence-corrected chi connectivity index (χ2v) is 3.06. The second-order valence-electron chi connectivity index (χ2n) is 3.06. The standard InChI is InChI=1S/C8H12N2O3/c11-8-4-12-3-7(8)10-2-6-1-9-5-13-6/h1,5,7-8,10-11H,2-4H2/t7-,8-/m1/s1. The van der Waals surface area contributed by atoms with E-state index in [0.29, 0.717) is 19.8 Å². The van der Waals surface area contributed by atoms with Gasteiger partial charge in [0.2, 0.25) is 0 Å². The van der Waals surface area contributed by atoms with Crippen LogP contribution in [0.1, 0.15) is 5.76 Å². The van der Waals surface area contributed by atoms with E-state index in [1.165, 1.54) is 6.39 Å². The van der Waals surface area contributed by atoms with Gasteiger partial charge in [0.25, 0.3) is 0 Å². The zero-order valence-corrected chi connectivity index (χ0v) is 7.14. The summed E-state index contributed by atoms with van der Waals surface area (Å²) in [4.78, 5) is 3.79. The molecule has 1 aromatic heterocycles. The Bertz CT molecular complexity index is 250. The van der Waals surface area contributed by atoms with Crippen molar-refractivity contribution >= 4 is 0 Å². The van der Waals surface area contributed by atoms with Crippen LogP contribution >= 0.6 is 0 Å². The fourth-order valence-corrected chi connectivity index (χ4v) is 1.30. The number of oxazole rings is 1. The van der Waals surface area contributed by atoms with Crippen LogP contribution in [0.15, 0.2) is 17.0 Å². The van der Waals surface area contributed by atoms with Crippen molar-refractivity contribution in [1.29, 1.82) is 0 Å². The second kappa shape index (κ2) is 3.87. The molecule has 5 nitrogen and oxygen atoms in total. The molecule has 1 aliphatic rings. The summed E-state index contributed by atoms with van der Waals surface area (Å²) in [5, 5.41) is 12.5. The van der Waals surface area contributed by atoms with Gasteiger partial charge in [-0.3, -0.25) is 0 Å². The first-order valence-electron chi connectivity index (χ1n) is 4.23. The molecule has 0 aromatic carbocycles. The normalized spacial score (nSPS) is 28.1. The van der Waals surface area contributed by atoms with Crippen molar-refractivity contribution in [3.8, 4) is 0 Å². The molecule has 0 unspecified atom stereocenters. The van der Waals surface area contributed by atoms with Gasteiger partial charge in [-0.25, -0.2) is 4.98 Å². The van der Waals surface area contributed by atoms with Crippen molar-refractivity contribution < 1.29 is 14.3 Å². The lowest BCUT2D eigenvalue weighted by atomic mass is 10.2. The zero-order valence-electron chi connectivity index (χ0n) is 7.14. The zero-order chi connectivity index (χ0) is 9.10. The van der Waals surface area contributed by atoms with Crippen molar-refractivity contribution in [3.05, 3.63) is 18.4 Å². The summed E-state index contributed by atoms with van der Waals surface area (Å²) in [7, 11) is 0. The van der Waals surface area contributed by atoms with Gasteiger partial charge in [-0.05, 0) is 0 Å². The van der Waals surface area contributed by atoms with Gasteiger partial charge >= 0.3 is 0 Å². The third-order valence-corrected chi connectivity index (χ3v) is 2.07. The molecule has 1 aromatic rings. The van der Waals surface area contributed by atoms with Gasteiger partial charge in [-0.1, -0.05) is 0 Å². The van der Waals surface area contributed by atoms with Gasteiger partial charge in [0.1, 0.15) is 5.76 Å². The van der Waals surface area contributed by atoms with Crippen LogP contribution in [-0.4, -0.2) is 35.5 Å². The van der Waals surface area contributed by atoms with Gasteiger partial charge in [0.05, 0.1) is 38.1 Å². The molecule has 2 rings (SSSR count). The topological polar surface area (TPSA) is 67.5 Å². The van der Waals surface area contributed by atoms with Crippen LogP contribution in [0.25, 0.3) is 0 Å². The van der Waals surface area contributed by atoms with Crippen LogP contribution < -0.4 is 5.32 Å². The predicted octanol–water partition coefficient (Wildman–Crippen LogP) is -0.476. The Balaban J connectivity index is 1.79. The molecule has 13 heavy (non-hydrogen) atoms. The first-order chi connectivity index (χ1) is 6.36. The van der Waals surface area contributed by atoms with Crippen LogP contribution in [0.2, 0.25) is 0 Å². The first-order valence-corrected chi connectivity index (χ1v) is 4.23. The Morgan fingerprint density at radius 3 is 3.15 bits per heavy atom. The smallest absolute Gasteiger partial charge is 0.180 e. The SMILES string of the molecule is O[C@@H]1COC[C@H]1NCc1cnco1. The molecular weight excluding hydrogens is 172 g/mol. The highest BCUT2D eigenvalue weighted by molar-refractivity contribution is 4.90. The molecule has 1 aliphatic heterocycles. The Morgan fingerprint density at radius 2 is 2.54 bits per heavy atom.